The van der Waals surface area contributed by atoms with Crippen LogP contribution in [0, 0.1) is 0 Å². The van der Waals surface area contributed by atoms with Crippen LogP contribution >= 0.6 is 0 Å². The van der Waals surface area contributed by atoms with Crippen molar-refractivity contribution in [1.29, 1.82) is 0 Å². The number of H-pyrrole nitrogens is 2. The van der Waals surface area contributed by atoms with Gasteiger partial charge in [-0.15, -0.1) is 0 Å². The third-order valence-corrected chi connectivity index (χ3v) is 7.99. The van der Waals surface area contributed by atoms with Crippen molar-refractivity contribution >= 4 is 5.91 Å². The van der Waals surface area contributed by atoms with Gasteiger partial charge in [0.15, 0.2) is 0 Å². The predicted octanol–water partition coefficient (Wildman–Crippen LogP) is 4.59. The largest absolute Gasteiger partial charge is 0.396 e. The second-order valence-electron chi connectivity index (χ2n) is 11.0. The van der Waals surface area contributed by atoms with Crippen molar-refractivity contribution in [1.82, 2.24) is 34.6 Å². The maximum Gasteiger partial charge on any atom is 0.254 e. The summed E-state index contributed by atoms with van der Waals surface area (Å²) in [6, 6.07) is 9.25. The number of carbonyl (C=O) groups excluding carboxylic acids is 1. The van der Waals surface area contributed by atoms with E-state index in [2.05, 4.69) is 55.7 Å². The number of nitrogens with zero attached hydrogens (tertiary/aromatic N) is 5. The van der Waals surface area contributed by atoms with Crippen LogP contribution in [0.4, 0.5) is 0 Å². The zero-order valence-corrected chi connectivity index (χ0v) is 24.3. The monoisotopic (exact) mass is 549 g/mol. The van der Waals surface area contributed by atoms with Gasteiger partial charge in [0.25, 0.3) is 5.91 Å². The standard InChI is InChI=1S/C31H47N7O2/c1-3-18-36(19-4-2)27-10-12-28(13-11-27)37(20-5-21-39)22-25-6-8-26(9-7-25)31(40)38(23-29-32-14-15-33-29)24-30-34-16-17-35-30/h6-9,14-17,27-28,39H,3-5,10-13,18-24H2,1-2H3,(H,32,33)(H,34,35)/t27-,28-. The van der Waals surface area contributed by atoms with Gasteiger partial charge >= 0.3 is 0 Å². The number of aliphatic hydroxyl groups excluding tert-OH is 1. The Morgan fingerprint density at radius 3 is 1.85 bits per heavy atom. The second-order valence-corrected chi connectivity index (χ2v) is 11.0. The number of benzene rings is 1. The normalized spacial score (nSPS) is 17.5. The Morgan fingerprint density at radius 1 is 0.825 bits per heavy atom. The summed E-state index contributed by atoms with van der Waals surface area (Å²) in [5, 5.41) is 9.56. The fourth-order valence-electron chi connectivity index (χ4n) is 6.00. The van der Waals surface area contributed by atoms with E-state index in [1.807, 2.05) is 12.1 Å². The molecule has 4 rings (SSSR count). The summed E-state index contributed by atoms with van der Waals surface area (Å²) in [7, 11) is 0. The van der Waals surface area contributed by atoms with Gasteiger partial charge < -0.3 is 24.9 Å². The molecule has 2 aromatic heterocycles. The minimum Gasteiger partial charge on any atom is -0.396 e. The maximum atomic E-state index is 13.5. The number of nitrogens with one attached hydrogen (secondary N) is 2. The molecule has 0 bridgehead atoms. The van der Waals surface area contributed by atoms with E-state index < -0.39 is 0 Å². The van der Waals surface area contributed by atoms with Crippen LogP contribution in [0.2, 0.25) is 0 Å². The van der Waals surface area contributed by atoms with Crippen LogP contribution in [-0.2, 0) is 19.6 Å². The topological polar surface area (TPSA) is 104 Å². The van der Waals surface area contributed by atoms with E-state index in [0.717, 1.165) is 31.2 Å². The molecule has 0 radical (unpaired) electrons. The molecule has 1 aliphatic rings. The number of hydrogen-bond acceptors (Lipinski definition) is 6. The molecule has 40 heavy (non-hydrogen) atoms. The van der Waals surface area contributed by atoms with Crippen molar-refractivity contribution in [2.45, 2.75) is 90.5 Å². The van der Waals surface area contributed by atoms with Gasteiger partial charge in [-0.2, -0.15) is 0 Å². The van der Waals surface area contributed by atoms with Gasteiger partial charge in [0.2, 0.25) is 0 Å². The molecule has 1 aromatic carbocycles. The van der Waals surface area contributed by atoms with Gasteiger partial charge in [-0.1, -0.05) is 26.0 Å². The van der Waals surface area contributed by atoms with Crippen LogP contribution in [0.1, 0.15) is 86.4 Å². The molecular weight excluding hydrogens is 502 g/mol. The van der Waals surface area contributed by atoms with Crippen LogP contribution in [0.3, 0.4) is 0 Å². The fourth-order valence-corrected chi connectivity index (χ4v) is 6.00. The molecule has 0 spiro atoms. The van der Waals surface area contributed by atoms with Gasteiger partial charge in [-0.05, 0) is 75.7 Å². The first-order valence-corrected chi connectivity index (χ1v) is 15.0. The maximum absolute atomic E-state index is 13.5. The molecule has 0 aliphatic heterocycles. The quantitative estimate of drug-likeness (QED) is 0.241. The number of aromatic nitrogens is 4. The van der Waals surface area contributed by atoms with Crippen molar-refractivity contribution in [2.24, 2.45) is 0 Å². The summed E-state index contributed by atoms with van der Waals surface area (Å²) in [6.07, 6.45) is 15.0. The van der Waals surface area contributed by atoms with Crippen LogP contribution in [-0.4, -0.2) is 84.0 Å². The Morgan fingerprint density at radius 2 is 1.38 bits per heavy atom. The zero-order valence-electron chi connectivity index (χ0n) is 24.3. The van der Waals surface area contributed by atoms with Crippen molar-refractivity contribution in [3.05, 3.63) is 71.8 Å². The Bertz CT molecular complexity index is 1050. The average Bonchev–Trinajstić information content (AvgIpc) is 3.70. The first-order valence-electron chi connectivity index (χ1n) is 15.0. The smallest absolute Gasteiger partial charge is 0.254 e. The molecule has 9 heteroatoms. The van der Waals surface area contributed by atoms with E-state index in [9.17, 15) is 9.90 Å². The van der Waals surface area contributed by atoms with Crippen LogP contribution in [0.15, 0.2) is 49.1 Å². The molecule has 9 nitrogen and oxygen atoms in total. The molecular formula is C31H47N7O2. The number of carbonyl (C=O) groups is 1. The summed E-state index contributed by atoms with van der Waals surface area (Å²) >= 11 is 0. The summed E-state index contributed by atoms with van der Waals surface area (Å²) in [4.78, 5) is 35.3. The molecule has 2 heterocycles. The molecule has 1 aliphatic carbocycles. The van der Waals surface area contributed by atoms with Gasteiger partial charge in [-0.25, -0.2) is 9.97 Å². The van der Waals surface area contributed by atoms with E-state index >= 15 is 0 Å². The highest BCUT2D eigenvalue weighted by Gasteiger charge is 2.28. The van der Waals surface area contributed by atoms with Crippen LogP contribution in [0.25, 0.3) is 0 Å². The van der Waals surface area contributed by atoms with E-state index in [1.165, 1.54) is 57.2 Å². The molecule has 1 amide bonds. The first kappa shape index (κ1) is 30.0. The van der Waals surface area contributed by atoms with Gasteiger partial charge in [-0.3, -0.25) is 9.69 Å². The lowest BCUT2D eigenvalue weighted by atomic mass is 9.88. The van der Waals surface area contributed by atoms with Crippen LogP contribution < -0.4 is 0 Å². The lowest BCUT2D eigenvalue weighted by Gasteiger charge is -2.41. The summed E-state index contributed by atoms with van der Waals surface area (Å²) in [5.74, 6) is 1.41. The summed E-state index contributed by atoms with van der Waals surface area (Å²) in [5.41, 5.74) is 1.84. The predicted molar refractivity (Wildman–Crippen MR) is 158 cm³/mol. The number of amides is 1. The van der Waals surface area contributed by atoms with E-state index in [0.29, 0.717) is 30.7 Å². The third kappa shape index (κ3) is 8.49. The van der Waals surface area contributed by atoms with E-state index in [-0.39, 0.29) is 12.5 Å². The molecule has 0 unspecified atom stereocenters. The minimum atomic E-state index is -0.0569. The van der Waals surface area contributed by atoms with Crippen molar-refractivity contribution in [3.8, 4) is 0 Å². The highest BCUT2D eigenvalue weighted by atomic mass is 16.3. The average molecular weight is 550 g/mol. The lowest BCUT2D eigenvalue weighted by Crippen LogP contribution is -2.44. The van der Waals surface area contributed by atoms with E-state index in [4.69, 9.17) is 0 Å². The van der Waals surface area contributed by atoms with Crippen molar-refractivity contribution < 1.29 is 9.90 Å². The number of imidazole rings is 2. The highest BCUT2D eigenvalue weighted by molar-refractivity contribution is 5.94. The van der Waals surface area contributed by atoms with Crippen molar-refractivity contribution in [2.75, 3.05) is 26.2 Å². The summed E-state index contributed by atoms with van der Waals surface area (Å²) in [6.45, 7) is 9.63. The SMILES string of the molecule is CCCN(CCC)[C@H]1CC[C@H](N(CCCO)Cc2ccc(C(=O)N(Cc3ncc[nH]3)Cc3ncc[nH]3)cc2)CC1. The molecule has 0 atom stereocenters. The molecule has 3 aromatic rings. The van der Waals surface area contributed by atoms with Gasteiger partial charge in [0.1, 0.15) is 11.6 Å². The lowest BCUT2D eigenvalue weighted by molar-refractivity contribution is 0.0721. The van der Waals surface area contributed by atoms with Crippen molar-refractivity contribution in [3.63, 3.8) is 0 Å². The number of rotatable bonds is 16. The minimum absolute atomic E-state index is 0.0569. The number of aliphatic hydroxyl groups is 1. The molecule has 1 fully saturated rings. The fraction of sp³-hybridized carbons (Fsp3) is 0.581. The zero-order chi connectivity index (χ0) is 28.2. The molecule has 1 saturated carbocycles. The Kier molecular flexibility index (Phi) is 11.8. The number of aromatic amines is 2. The Labute approximate surface area is 239 Å². The second kappa shape index (κ2) is 15.7. The molecule has 218 valence electrons. The third-order valence-electron chi connectivity index (χ3n) is 7.99. The van der Waals surface area contributed by atoms with E-state index in [1.54, 1.807) is 29.7 Å². The Hall–Kier alpha value is -3.01. The summed E-state index contributed by atoms with van der Waals surface area (Å²) < 4.78 is 0. The highest BCUT2D eigenvalue weighted by Crippen LogP contribution is 2.28. The molecule has 0 saturated heterocycles. The Balaban J connectivity index is 1.39. The van der Waals surface area contributed by atoms with Gasteiger partial charge in [0, 0.05) is 62.1 Å². The number of hydrogen-bond donors (Lipinski definition) is 3. The van der Waals surface area contributed by atoms with Gasteiger partial charge in [0.05, 0.1) is 13.1 Å². The van der Waals surface area contributed by atoms with Crippen LogP contribution in [0.5, 0.6) is 0 Å². The first-order chi connectivity index (χ1) is 19.6. The molecule has 3 N–H and O–H groups in total.